The number of halogens is 1. The van der Waals surface area contributed by atoms with Gasteiger partial charge in [0.2, 0.25) is 0 Å². The quantitative estimate of drug-likeness (QED) is 0.794. The topological polar surface area (TPSA) is 33.2 Å². The van der Waals surface area contributed by atoms with Crippen molar-refractivity contribution in [2.75, 3.05) is 18.0 Å². The number of rotatable bonds is 2. The summed E-state index contributed by atoms with van der Waals surface area (Å²) in [6.07, 6.45) is 5.42. The molecule has 0 radical (unpaired) electrons. The van der Waals surface area contributed by atoms with Gasteiger partial charge in [0.1, 0.15) is 5.78 Å². The van der Waals surface area contributed by atoms with Gasteiger partial charge < -0.3 is 4.90 Å². The highest BCUT2D eigenvalue weighted by molar-refractivity contribution is 6.33. The number of carbonyl (C=O) groups excluding carboxylic acids is 1. The average Bonchev–Trinajstić information content (AvgIpc) is 2.30. The first-order valence-corrected chi connectivity index (χ1v) is 5.91. The minimum Gasteiger partial charge on any atom is -0.370 e. The van der Waals surface area contributed by atoms with Gasteiger partial charge in [0.25, 0.3) is 0 Å². The van der Waals surface area contributed by atoms with E-state index in [-0.39, 0.29) is 11.7 Å². The standard InChI is InChI=1S/C12H15ClN2O/c1-9(16)10-3-2-6-15(8-10)12-4-5-14-7-11(12)13/h4-5,7,10H,2-3,6,8H2,1H3. The van der Waals surface area contributed by atoms with Crippen LogP contribution in [-0.4, -0.2) is 23.9 Å². The Morgan fingerprint density at radius 1 is 1.62 bits per heavy atom. The van der Waals surface area contributed by atoms with Crippen molar-refractivity contribution in [3.05, 3.63) is 23.5 Å². The molecule has 0 aliphatic carbocycles. The van der Waals surface area contributed by atoms with Crippen LogP contribution < -0.4 is 4.90 Å². The van der Waals surface area contributed by atoms with E-state index in [1.165, 1.54) is 0 Å². The summed E-state index contributed by atoms with van der Waals surface area (Å²) < 4.78 is 0. The molecule has 0 spiro atoms. The van der Waals surface area contributed by atoms with Crippen LogP contribution in [0.2, 0.25) is 5.02 Å². The molecule has 1 unspecified atom stereocenters. The molecule has 1 fully saturated rings. The minimum absolute atomic E-state index is 0.151. The van der Waals surface area contributed by atoms with E-state index < -0.39 is 0 Å². The zero-order valence-electron chi connectivity index (χ0n) is 9.32. The number of hydrogen-bond donors (Lipinski definition) is 0. The minimum atomic E-state index is 0.151. The number of pyridine rings is 1. The summed E-state index contributed by atoms with van der Waals surface area (Å²) in [5.74, 6) is 0.424. The third kappa shape index (κ3) is 2.35. The summed E-state index contributed by atoms with van der Waals surface area (Å²) in [6, 6.07) is 1.91. The lowest BCUT2D eigenvalue weighted by molar-refractivity contribution is -0.120. The summed E-state index contributed by atoms with van der Waals surface area (Å²) in [5, 5.41) is 0.659. The van der Waals surface area contributed by atoms with Crippen molar-refractivity contribution < 1.29 is 4.79 Å². The maximum absolute atomic E-state index is 11.4. The average molecular weight is 239 g/mol. The molecule has 3 nitrogen and oxygen atoms in total. The van der Waals surface area contributed by atoms with E-state index in [0.717, 1.165) is 31.6 Å². The van der Waals surface area contributed by atoms with Gasteiger partial charge in [0.15, 0.2) is 0 Å². The number of aromatic nitrogens is 1. The van der Waals surface area contributed by atoms with E-state index >= 15 is 0 Å². The van der Waals surface area contributed by atoms with Crippen LogP contribution in [0.4, 0.5) is 5.69 Å². The third-order valence-electron chi connectivity index (χ3n) is 3.09. The molecule has 0 bridgehead atoms. The van der Waals surface area contributed by atoms with Crippen LogP contribution in [-0.2, 0) is 4.79 Å². The number of nitrogens with zero attached hydrogens (tertiary/aromatic N) is 2. The molecule has 1 saturated heterocycles. The molecular weight excluding hydrogens is 224 g/mol. The highest BCUT2D eigenvalue weighted by Crippen LogP contribution is 2.28. The van der Waals surface area contributed by atoms with E-state index in [1.807, 2.05) is 6.07 Å². The largest absolute Gasteiger partial charge is 0.370 e. The Balaban J connectivity index is 2.16. The fraction of sp³-hybridized carbons (Fsp3) is 0.500. The van der Waals surface area contributed by atoms with Crippen molar-refractivity contribution >= 4 is 23.1 Å². The molecule has 1 aromatic rings. The third-order valence-corrected chi connectivity index (χ3v) is 3.38. The molecule has 2 heterocycles. The molecule has 1 aromatic heterocycles. The van der Waals surface area contributed by atoms with Crippen molar-refractivity contribution in [1.29, 1.82) is 0 Å². The molecule has 2 rings (SSSR count). The number of Topliss-reactive ketones (excluding diaryl/α,β-unsaturated/α-hetero) is 1. The van der Waals surface area contributed by atoms with Gasteiger partial charge in [-0.05, 0) is 25.8 Å². The monoisotopic (exact) mass is 238 g/mol. The van der Waals surface area contributed by atoms with Gasteiger partial charge in [-0.25, -0.2) is 0 Å². The van der Waals surface area contributed by atoms with Crippen LogP contribution in [0.15, 0.2) is 18.5 Å². The SMILES string of the molecule is CC(=O)C1CCCN(c2ccncc2Cl)C1. The summed E-state index contributed by atoms with van der Waals surface area (Å²) in [4.78, 5) is 17.5. The Hall–Kier alpha value is -1.09. The molecule has 0 saturated carbocycles. The van der Waals surface area contributed by atoms with Crippen LogP contribution >= 0.6 is 11.6 Å². The molecule has 1 atom stereocenters. The number of anilines is 1. The molecule has 0 amide bonds. The number of hydrogen-bond acceptors (Lipinski definition) is 3. The van der Waals surface area contributed by atoms with E-state index in [9.17, 15) is 4.79 Å². The van der Waals surface area contributed by atoms with Crippen LogP contribution in [0.3, 0.4) is 0 Å². The van der Waals surface area contributed by atoms with Crippen LogP contribution in [0.5, 0.6) is 0 Å². The molecule has 0 aromatic carbocycles. The maximum atomic E-state index is 11.4. The second kappa shape index (κ2) is 4.83. The predicted molar refractivity (Wildman–Crippen MR) is 64.9 cm³/mol. The van der Waals surface area contributed by atoms with Crippen LogP contribution in [0.25, 0.3) is 0 Å². The van der Waals surface area contributed by atoms with Crippen molar-refractivity contribution in [2.45, 2.75) is 19.8 Å². The Kier molecular flexibility index (Phi) is 3.44. The van der Waals surface area contributed by atoms with Gasteiger partial charge in [-0.2, -0.15) is 0 Å². The molecule has 0 N–H and O–H groups in total. The lowest BCUT2D eigenvalue weighted by atomic mass is 9.94. The van der Waals surface area contributed by atoms with Crippen LogP contribution in [0, 0.1) is 5.92 Å². The Labute approximate surface area is 100 Å². The lowest BCUT2D eigenvalue weighted by Gasteiger charge is -2.33. The fourth-order valence-corrected chi connectivity index (χ4v) is 2.39. The molecule has 1 aliphatic rings. The van der Waals surface area contributed by atoms with Crippen molar-refractivity contribution in [3.8, 4) is 0 Å². The smallest absolute Gasteiger partial charge is 0.134 e. The highest BCUT2D eigenvalue weighted by atomic mass is 35.5. The van der Waals surface area contributed by atoms with E-state index in [1.54, 1.807) is 19.3 Å². The Bertz CT molecular complexity index is 394. The number of ketones is 1. The molecular formula is C12H15ClN2O. The van der Waals surface area contributed by atoms with Crippen molar-refractivity contribution in [2.24, 2.45) is 5.92 Å². The van der Waals surface area contributed by atoms with Crippen molar-refractivity contribution in [1.82, 2.24) is 4.98 Å². The summed E-state index contributed by atoms with van der Waals surface area (Å²) in [6.45, 7) is 3.41. The molecule has 16 heavy (non-hydrogen) atoms. The molecule has 86 valence electrons. The summed E-state index contributed by atoms with van der Waals surface area (Å²) in [7, 11) is 0. The maximum Gasteiger partial charge on any atom is 0.134 e. The highest BCUT2D eigenvalue weighted by Gasteiger charge is 2.24. The summed E-state index contributed by atoms with van der Waals surface area (Å²) >= 11 is 6.10. The van der Waals surface area contributed by atoms with Gasteiger partial charge in [0.05, 0.1) is 10.7 Å². The van der Waals surface area contributed by atoms with Gasteiger partial charge in [-0.1, -0.05) is 11.6 Å². The first-order chi connectivity index (χ1) is 7.68. The summed E-state index contributed by atoms with van der Waals surface area (Å²) in [5.41, 5.74) is 0.989. The van der Waals surface area contributed by atoms with E-state index in [2.05, 4.69) is 9.88 Å². The van der Waals surface area contributed by atoms with Gasteiger partial charge >= 0.3 is 0 Å². The predicted octanol–water partition coefficient (Wildman–Crippen LogP) is 2.54. The van der Waals surface area contributed by atoms with Gasteiger partial charge in [-0.15, -0.1) is 0 Å². The molecule has 1 aliphatic heterocycles. The zero-order chi connectivity index (χ0) is 11.5. The van der Waals surface area contributed by atoms with Gasteiger partial charge in [0, 0.05) is 31.4 Å². The van der Waals surface area contributed by atoms with Crippen molar-refractivity contribution in [3.63, 3.8) is 0 Å². The first-order valence-electron chi connectivity index (χ1n) is 5.53. The van der Waals surface area contributed by atoms with Gasteiger partial charge in [-0.3, -0.25) is 9.78 Å². The number of piperidine rings is 1. The zero-order valence-corrected chi connectivity index (χ0v) is 10.1. The second-order valence-electron chi connectivity index (χ2n) is 4.22. The fourth-order valence-electron chi connectivity index (χ4n) is 2.15. The van der Waals surface area contributed by atoms with E-state index in [4.69, 9.17) is 11.6 Å². The Morgan fingerprint density at radius 3 is 3.12 bits per heavy atom. The normalized spacial score (nSPS) is 20.9. The molecule has 4 heteroatoms. The Morgan fingerprint density at radius 2 is 2.44 bits per heavy atom. The van der Waals surface area contributed by atoms with Crippen LogP contribution in [0.1, 0.15) is 19.8 Å². The lowest BCUT2D eigenvalue weighted by Crippen LogP contribution is -2.38. The number of carbonyl (C=O) groups is 1. The van der Waals surface area contributed by atoms with E-state index in [0.29, 0.717) is 5.02 Å². The first kappa shape index (κ1) is 11.4. The second-order valence-corrected chi connectivity index (χ2v) is 4.63.